The van der Waals surface area contributed by atoms with E-state index in [0.29, 0.717) is 23.4 Å². The Balaban J connectivity index is 2.06. The van der Waals surface area contributed by atoms with Crippen molar-refractivity contribution in [1.29, 1.82) is 0 Å². The highest BCUT2D eigenvalue weighted by Crippen LogP contribution is 2.30. The third kappa shape index (κ3) is 2.22. The Morgan fingerprint density at radius 3 is 2.95 bits per heavy atom. The molecule has 1 amide bonds. The Morgan fingerprint density at radius 1 is 1.47 bits per heavy atom. The van der Waals surface area contributed by atoms with Crippen LogP contribution in [0.25, 0.3) is 10.9 Å². The highest BCUT2D eigenvalue weighted by atomic mass is 16.5. The van der Waals surface area contributed by atoms with Crippen LogP contribution in [0.15, 0.2) is 29.3 Å². The van der Waals surface area contributed by atoms with Gasteiger partial charge in [-0.15, -0.1) is 0 Å². The first-order chi connectivity index (χ1) is 9.19. The molecule has 3 rings (SSSR count). The summed E-state index contributed by atoms with van der Waals surface area (Å²) in [4.78, 5) is 27.7. The second-order valence-corrected chi connectivity index (χ2v) is 4.82. The summed E-state index contributed by atoms with van der Waals surface area (Å²) in [5, 5.41) is 9.06. The molecular weight excluding hydrogens is 246 g/mol. The maximum atomic E-state index is 12.2. The molecule has 98 valence electrons. The molecule has 1 aromatic carbocycles. The lowest BCUT2D eigenvalue weighted by Gasteiger charge is -2.06. The summed E-state index contributed by atoms with van der Waals surface area (Å²) in [6.07, 6.45) is 3.85. The van der Waals surface area contributed by atoms with Gasteiger partial charge in [0.1, 0.15) is 0 Å². The number of hydroxylamine groups is 1. The van der Waals surface area contributed by atoms with Crippen LogP contribution in [0.1, 0.15) is 23.2 Å². The number of nitrogens with one attached hydrogen (secondary N) is 1. The number of amides is 1. The van der Waals surface area contributed by atoms with E-state index in [9.17, 15) is 9.59 Å². The number of nitrogens with zero attached hydrogens (tertiary/aromatic N) is 2. The van der Waals surface area contributed by atoms with Crippen molar-refractivity contribution in [2.75, 3.05) is 0 Å². The minimum atomic E-state index is -0.620. The molecule has 1 aliphatic rings. The van der Waals surface area contributed by atoms with Crippen LogP contribution in [-0.2, 0) is 6.54 Å². The van der Waals surface area contributed by atoms with E-state index in [1.807, 2.05) is 0 Å². The molecule has 0 spiro atoms. The highest BCUT2D eigenvalue weighted by molar-refractivity contribution is 5.96. The fourth-order valence-corrected chi connectivity index (χ4v) is 2.07. The fourth-order valence-electron chi connectivity index (χ4n) is 2.07. The molecule has 0 unspecified atom stereocenters. The smallest absolute Gasteiger partial charge is 0.274 e. The van der Waals surface area contributed by atoms with Gasteiger partial charge in [-0.25, -0.2) is 10.5 Å². The molecule has 1 aliphatic carbocycles. The van der Waals surface area contributed by atoms with Crippen molar-refractivity contribution in [3.8, 4) is 0 Å². The second kappa shape index (κ2) is 4.47. The number of rotatable bonds is 3. The van der Waals surface area contributed by atoms with Crippen LogP contribution >= 0.6 is 0 Å². The van der Waals surface area contributed by atoms with Crippen molar-refractivity contribution in [2.24, 2.45) is 5.92 Å². The molecule has 0 atom stereocenters. The molecule has 0 aliphatic heterocycles. The number of aromatic nitrogens is 2. The van der Waals surface area contributed by atoms with E-state index in [0.717, 1.165) is 0 Å². The molecule has 1 fully saturated rings. The number of hydrogen-bond donors (Lipinski definition) is 2. The molecule has 1 heterocycles. The van der Waals surface area contributed by atoms with Crippen LogP contribution in [-0.4, -0.2) is 20.7 Å². The molecule has 1 aromatic heterocycles. The Labute approximate surface area is 108 Å². The summed E-state index contributed by atoms with van der Waals surface area (Å²) in [5.41, 5.74) is 2.19. The van der Waals surface area contributed by atoms with Gasteiger partial charge < -0.3 is 0 Å². The number of fused-ring (bicyclic) bond motifs is 1. The van der Waals surface area contributed by atoms with Gasteiger partial charge in [-0.3, -0.25) is 19.4 Å². The largest absolute Gasteiger partial charge is 0.298 e. The number of carbonyl (C=O) groups excluding carboxylic acids is 1. The van der Waals surface area contributed by atoms with Crippen molar-refractivity contribution in [1.82, 2.24) is 15.0 Å². The zero-order valence-corrected chi connectivity index (χ0v) is 10.2. The molecule has 1 saturated carbocycles. The van der Waals surface area contributed by atoms with Gasteiger partial charge in [0.2, 0.25) is 0 Å². The molecule has 0 radical (unpaired) electrons. The third-order valence-electron chi connectivity index (χ3n) is 3.34. The van der Waals surface area contributed by atoms with Gasteiger partial charge in [0, 0.05) is 12.1 Å². The minimum absolute atomic E-state index is 0.0899. The third-order valence-corrected chi connectivity index (χ3v) is 3.34. The van der Waals surface area contributed by atoms with Gasteiger partial charge in [-0.2, -0.15) is 0 Å². The second-order valence-electron chi connectivity index (χ2n) is 4.82. The molecular formula is C13H13N3O3. The zero-order valence-electron chi connectivity index (χ0n) is 10.2. The highest BCUT2D eigenvalue weighted by Gasteiger charge is 2.22. The van der Waals surface area contributed by atoms with Crippen LogP contribution in [0.2, 0.25) is 0 Å². The predicted octanol–water partition coefficient (Wildman–Crippen LogP) is 0.926. The monoisotopic (exact) mass is 259 g/mol. The van der Waals surface area contributed by atoms with Crippen LogP contribution in [0.3, 0.4) is 0 Å². The van der Waals surface area contributed by atoms with Gasteiger partial charge >= 0.3 is 0 Å². The molecule has 2 aromatic rings. The van der Waals surface area contributed by atoms with Crippen LogP contribution in [0.5, 0.6) is 0 Å². The van der Waals surface area contributed by atoms with Gasteiger partial charge in [0.05, 0.1) is 17.2 Å². The molecule has 0 bridgehead atoms. The van der Waals surface area contributed by atoms with Crippen LogP contribution < -0.4 is 11.0 Å². The van der Waals surface area contributed by atoms with Crippen molar-refractivity contribution >= 4 is 16.8 Å². The van der Waals surface area contributed by atoms with E-state index in [1.54, 1.807) is 16.1 Å². The van der Waals surface area contributed by atoms with E-state index in [1.165, 1.54) is 31.3 Å². The van der Waals surface area contributed by atoms with Crippen molar-refractivity contribution < 1.29 is 10.0 Å². The van der Waals surface area contributed by atoms with Crippen molar-refractivity contribution in [3.63, 3.8) is 0 Å². The predicted molar refractivity (Wildman–Crippen MR) is 68.0 cm³/mol. The average molecular weight is 259 g/mol. The lowest BCUT2D eigenvalue weighted by molar-refractivity contribution is 0.0706. The van der Waals surface area contributed by atoms with Gasteiger partial charge in [0.25, 0.3) is 11.5 Å². The van der Waals surface area contributed by atoms with Crippen LogP contribution in [0, 0.1) is 5.92 Å². The first kappa shape index (κ1) is 11.9. The summed E-state index contributed by atoms with van der Waals surface area (Å²) >= 11 is 0. The first-order valence-corrected chi connectivity index (χ1v) is 6.12. The topological polar surface area (TPSA) is 84.2 Å². The lowest BCUT2D eigenvalue weighted by Crippen LogP contribution is -2.22. The van der Waals surface area contributed by atoms with Crippen molar-refractivity contribution in [2.45, 2.75) is 19.4 Å². The standard InChI is InChI=1S/C13H13N3O3/c17-12(15-19)9-3-4-10-11(5-9)14-7-16(13(10)18)6-8-1-2-8/h3-5,7-8,19H,1-2,6H2,(H,15,17). The SMILES string of the molecule is O=C(NO)c1ccc2c(=O)n(CC3CC3)cnc2c1. The Hall–Kier alpha value is -2.21. The first-order valence-electron chi connectivity index (χ1n) is 6.12. The van der Waals surface area contributed by atoms with E-state index in [2.05, 4.69) is 4.98 Å². The van der Waals surface area contributed by atoms with E-state index >= 15 is 0 Å². The normalized spacial score (nSPS) is 14.6. The summed E-state index contributed by atoms with van der Waals surface area (Å²) in [6.45, 7) is 0.709. The number of benzene rings is 1. The van der Waals surface area contributed by atoms with E-state index < -0.39 is 5.91 Å². The molecule has 19 heavy (non-hydrogen) atoms. The van der Waals surface area contributed by atoms with Gasteiger partial charge in [0.15, 0.2) is 0 Å². The fraction of sp³-hybridized carbons (Fsp3) is 0.308. The molecule has 6 nitrogen and oxygen atoms in total. The van der Waals surface area contributed by atoms with Crippen LogP contribution in [0.4, 0.5) is 0 Å². The Kier molecular flexibility index (Phi) is 2.79. The molecule has 0 saturated heterocycles. The molecule has 2 N–H and O–H groups in total. The Morgan fingerprint density at radius 2 is 2.26 bits per heavy atom. The van der Waals surface area contributed by atoms with Gasteiger partial charge in [-0.05, 0) is 37.0 Å². The number of hydrogen-bond acceptors (Lipinski definition) is 4. The van der Waals surface area contributed by atoms with E-state index in [-0.39, 0.29) is 11.1 Å². The average Bonchev–Trinajstić information content (AvgIpc) is 3.24. The maximum absolute atomic E-state index is 12.2. The summed E-state index contributed by atoms with van der Waals surface area (Å²) in [7, 11) is 0. The quantitative estimate of drug-likeness (QED) is 0.634. The summed E-state index contributed by atoms with van der Waals surface area (Å²) < 4.78 is 1.62. The van der Waals surface area contributed by atoms with Crippen molar-refractivity contribution in [3.05, 3.63) is 40.4 Å². The summed E-state index contributed by atoms with van der Waals surface area (Å²) in [6, 6.07) is 4.56. The Bertz CT molecular complexity index is 704. The summed E-state index contributed by atoms with van der Waals surface area (Å²) in [5.74, 6) is -0.0257. The van der Waals surface area contributed by atoms with Gasteiger partial charge in [-0.1, -0.05) is 0 Å². The maximum Gasteiger partial charge on any atom is 0.274 e. The zero-order chi connectivity index (χ0) is 13.4. The molecule has 6 heteroatoms. The minimum Gasteiger partial charge on any atom is -0.298 e. The van der Waals surface area contributed by atoms with E-state index in [4.69, 9.17) is 5.21 Å². The lowest BCUT2D eigenvalue weighted by atomic mass is 10.1. The number of carbonyl (C=O) groups is 1.